The Kier molecular flexibility index (Phi) is 3.29. The first-order chi connectivity index (χ1) is 5.83. The van der Waals surface area contributed by atoms with Gasteiger partial charge in [0.2, 0.25) is 0 Å². The Morgan fingerprint density at radius 1 is 1.25 bits per heavy atom. The Morgan fingerprint density at radius 2 is 2.00 bits per heavy atom. The highest BCUT2D eigenvalue weighted by Gasteiger charge is 2.07. The summed E-state index contributed by atoms with van der Waals surface area (Å²) in [6, 6.07) is 5.71. The SMILES string of the molecule is [CH2]Sc1cccc(OC)c1OC. The van der Waals surface area contributed by atoms with Gasteiger partial charge in [-0.1, -0.05) is 6.07 Å². The van der Waals surface area contributed by atoms with E-state index in [1.165, 1.54) is 11.8 Å². The van der Waals surface area contributed by atoms with E-state index in [1.54, 1.807) is 14.2 Å². The molecule has 0 atom stereocenters. The molecule has 0 saturated carbocycles. The summed E-state index contributed by atoms with van der Waals surface area (Å²) in [4.78, 5) is 0.983. The highest BCUT2D eigenvalue weighted by Crippen LogP contribution is 2.36. The predicted octanol–water partition coefficient (Wildman–Crippen LogP) is 2.59. The van der Waals surface area contributed by atoms with Crippen LogP contribution in [0.2, 0.25) is 0 Å². The van der Waals surface area contributed by atoms with Gasteiger partial charge in [0.15, 0.2) is 11.5 Å². The standard InChI is InChI=1S/C9H11O2S/c1-10-7-5-4-6-8(12-3)9(7)11-2/h4-6H,3H2,1-2H3. The molecule has 1 radical (unpaired) electrons. The normalized spacial score (nSPS) is 9.58. The third kappa shape index (κ3) is 1.67. The second-order valence-electron chi connectivity index (χ2n) is 2.14. The van der Waals surface area contributed by atoms with Crippen molar-refractivity contribution in [1.29, 1.82) is 0 Å². The van der Waals surface area contributed by atoms with Gasteiger partial charge in [0.1, 0.15) is 0 Å². The van der Waals surface area contributed by atoms with Crippen LogP contribution in [0.5, 0.6) is 11.5 Å². The van der Waals surface area contributed by atoms with E-state index in [9.17, 15) is 0 Å². The van der Waals surface area contributed by atoms with E-state index in [0.29, 0.717) is 0 Å². The van der Waals surface area contributed by atoms with Gasteiger partial charge in [-0.15, -0.1) is 11.8 Å². The van der Waals surface area contributed by atoms with Crippen molar-refractivity contribution in [2.24, 2.45) is 0 Å². The number of rotatable bonds is 3. The maximum atomic E-state index is 5.17. The van der Waals surface area contributed by atoms with Crippen LogP contribution in [0.15, 0.2) is 23.1 Å². The molecule has 3 heteroatoms. The molecule has 1 rings (SSSR count). The van der Waals surface area contributed by atoms with Crippen molar-refractivity contribution in [1.82, 2.24) is 0 Å². The molecule has 0 saturated heterocycles. The van der Waals surface area contributed by atoms with E-state index < -0.39 is 0 Å². The highest BCUT2D eigenvalue weighted by atomic mass is 32.2. The molecule has 0 aliphatic carbocycles. The maximum absolute atomic E-state index is 5.17. The van der Waals surface area contributed by atoms with Crippen molar-refractivity contribution in [2.45, 2.75) is 4.90 Å². The Bertz CT molecular complexity index is 238. The van der Waals surface area contributed by atoms with Crippen LogP contribution in [-0.2, 0) is 0 Å². The van der Waals surface area contributed by atoms with Gasteiger partial charge in [0.25, 0.3) is 0 Å². The van der Waals surface area contributed by atoms with Gasteiger partial charge in [0.05, 0.1) is 19.1 Å². The van der Waals surface area contributed by atoms with Crippen LogP contribution in [0.25, 0.3) is 0 Å². The van der Waals surface area contributed by atoms with Gasteiger partial charge >= 0.3 is 0 Å². The molecular formula is C9H11O2S. The first kappa shape index (κ1) is 9.26. The van der Waals surface area contributed by atoms with Crippen molar-refractivity contribution in [3.63, 3.8) is 0 Å². The van der Waals surface area contributed by atoms with Crippen molar-refractivity contribution in [3.8, 4) is 11.5 Å². The van der Waals surface area contributed by atoms with Crippen molar-refractivity contribution in [3.05, 3.63) is 24.5 Å². The molecule has 1 aromatic rings. The van der Waals surface area contributed by atoms with Crippen LogP contribution < -0.4 is 9.47 Å². The van der Waals surface area contributed by atoms with Gasteiger partial charge in [-0.25, -0.2) is 0 Å². The van der Waals surface area contributed by atoms with E-state index in [0.717, 1.165) is 16.4 Å². The summed E-state index contributed by atoms with van der Waals surface area (Å²) in [5.74, 6) is 1.49. The van der Waals surface area contributed by atoms with Crippen LogP contribution in [0.4, 0.5) is 0 Å². The number of hydrogen-bond donors (Lipinski definition) is 0. The zero-order valence-electron chi connectivity index (χ0n) is 7.16. The second-order valence-corrected chi connectivity index (χ2v) is 2.86. The summed E-state index contributed by atoms with van der Waals surface area (Å²) in [6.07, 6.45) is 3.72. The largest absolute Gasteiger partial charge is 0.493 e. The zero-order chi connectivity index (χ0) is 8.97. The van der Waals surface area contributed by atoms with E-state index >= 15 is 0 Å². The lowest BCUT2D eigenvalue weighted by molar-refractivity contribution is 0.348. The number of hydrogen-bond acceptors (Lipinski definition) is 3. The van der Waals surface area contributed by atoms with Crippen molar-refractivity contribution >= 4 is 11.8 Å². The molecule has 0 bridgehead atoms. The van der Waals surface area contributed by atoms with Crippen LogP contribution in [-0.4, -0.2) is 14.2 Å². The fourth-order valence-electron chi connectivity index (χ4n) is 0.971. The molecule has 0 N–H and O–H groups in total. The second kappa shape index (κ2) is 4.26. The molecular weight excluding hydrogens is 172 g/mol. The molecule has 0 aliphatic rings. The van der Waals surface area contributed by atoms with E-state index in [4.69, 9.17) is 9.47 Å². The molecule has 0 heterocycles. The molecule has 0 aromatic heterocycles. The third-order valence-electron chi connectivity index (χ3n) is 1.52. The molecule has 1 aromatic carbocycles. The smallest absolute Gasteiger partial charge is 0.174 e. The lowest BCUT2D eigenvalue weighted by atomic mass is 10.3. The Hall–Kier alpha value is -0.830. The minimum absolute atomic E-state index is 0.742. The van der Waals surface area contributed by atoms with Crippen molar-refractivity contribution < 1.29 is 9.47 Å². The molecule has 12 heavy (non-hydrogen) atoms. The van der Waals surface area contributed by atoms with Gasteiger partial charge in [-0.3, -0.25) is 0 Å². The molecule has 0 unspecified atom stereocenters. The summed E-state index contributed by atoms with van der Waals surface area (Å²) in [5.41, 5.74) is 0. The monoisotopic (exact) mass is 183 g/mol. The lowest BCUT2D eigenvalue weighted by Crippen LogP contribution is -1.91. The van der Waals surface area contributed by atoms with E-state index in [2.05, 4.69) is 6.26 Å². The Morgan fingerprint density at radius 3 is 2.50 bits per heavy atom. The first-order valence-corrected chi connectivity index (χ1v) is 4.45. The van der Waals surface area contributed by atoms with E-state index in [1.807, 2.05) is 18.2 Å². The average molecular weight is 183 g/mol. The number of methoxy groups -OCH3 is 2. The number of benzene rings is 1. The quantitative estimate of drug-likeness (QED) is 0.671. The van der Waals surface area contributed by atoms with Crippen LogP contribution >= 0.6 is 11.8 Å². The van der Waals surface area contributed by atoms with E-state index in [-0.39, 0.29) is 0 Å². The average Bonchev–Trinajstić information content (AvgIpc) is 2.16. The molecule has 0 spiro atoms. The highest BCUT2D eigenvalue weighted by molar-refractivity contribution is 8.00. The summed E-state index contributed by atoms with van der Waals surface area (Å²) in [5, 5.41) is 0. The van der Waals surface area contributed by atoms with Gasteiger partial charge in [-0.05, 0) is 12.1 Å². The van der Waals surface area contributed by atoms with Crippen LogP contribution in [0, 0.1) is 6.26 Å². The molecule has 0 amide bonds. The summed E-state index contributed by atoms with van der Waals surface area (Å²) < 4.78 is 10.3. The zero-order valence-corrected chi connectivity index (χ0v) is 7.98. The predicted molar refractivity (Wildman–Crippen MR) is 50.8 cm³/mol. The minimum atomic E-state index is 0.742. The fourth-order valence-corrected chi connectivity index (χ4v) is 1.46. The summed E-state index contributed by atoms with van der Waals surface area (Å²) in [6.45, 7) is 0. The first-order valence-electron chi connectivity index (χ1n) is 3.46. The summed E-state index contributed by atoms with van der Waals surface area (Å²) >= 11 is 1.39. The number of para-hydroxylation sites is 1. The minimum Gasteiger partial charge on any atom is -0.493 e. The van der Waals surface area contributed by atoms with Crippen molar-refractivity contribution in [2.75, 3.05) is 14.2 Å². The van der Waals surface area contributed by atoms with Crippen LogP contribution in [0.3, 0.4) is 0 Å². The Labute approximate surface area is 76.9 Å². The van der Waals surface area contributed by atoms with Crippen LogP contribution in [0.1, 0.15) is 0 Å². The lowest BCUT2D eigenvalue weighted by Gasteiger charge is -2.09. The van der Waals surface area contributed by atoms with Gasteiger partial charge < -0.3 is 9.47 Å². The molecule has 65 valence electrons. The topological polar surface area (TPSA) is 18.5 Å². The summed E-state index contributed by atoms with van der Waals surface area (Å²) in [7, 11) is 3.24. The Balaban J connectivity index is 3.13. The number of thioether (sulfide) groups is 1. The molecule has 0 aliphatic heterocycles. The van der Waals surface area contributed by atoms with Gasteiger partial charge in [-0.2, -0.15) is 0 Å². The number of ether oxygens (including phenoxy) is 2. The molecule has 2 nitrogen and oxygen atoms in total. The van der Waals surface area contributed by atoms with Gasteiger partial charge in [0, 0.05) is 6.26 Å². The maximum Gasteiger partial charge on any atom is 0.174 e. The third-order valence-corrected chi connectivity index (χ3v) is 2.15. The fraction of sp³-hybridized carbons (Fsp3) is 0.222. The molecule has 0 fully saturated rings.